The number of aromatic nitrogens is 4. The molecule has 15 heteroatoms. The average Bonchev–Trinajstić information content (AvgIpc) is 3.53. The molecule has 0 bridgehead atoms. The number of rotatable bonds is 11. The molecule has 0 saturated carbocycles. The van der Waals surface area contributed by atoms with Crippen LogP contribution in [0.5, 0.6) is 5.75 Å². The number of alkyl halides is 1. The van der Waals surface area contributed by atoms with Crippen molar-refractivity contribution >= 4 is 52.2 Å². The quantitative estimate of drug-likeness (QED) is 0.135. The maximum atomic E-state index is 16.5. The first-order valence-electron chi connectivity index (χ1n) is 14.5. The van der Waals surface area contributed by atoms with E-state index in [2.05, 4.69) is 26.0 Å². The normalized spacial score (nSPS) is 23.3. The highest BCUT2D eigenvalue weighted by molar-refractivity contribution is 8.09. The van der Waals surface area contributed by atoms with Crippen LogP contribution >= 0.6 is 6.64 Å². The molecular formula is C31H36FN6O6PS. The monoisotopic (exact) mass is 670 g/mol. The molecule has 3 heterocycles. The maximum Gasteiger partial charge on any atom is 0.323 e. The van der Waals surface area contributed by atoms with E-state index in [1.165, 1.54) is 10.9 Å². The molecule has 1 aliphatic heterocycles. The number of carbonyl (C=O) groups is 1. The van der Waals surface area contributed by atoms with Crippen LogP contribution in [0.3, 0.4) is 0 Å². The van der Waals surface area contributed by atoms with Crippen molar-refractivity contribution in [3.8, 4) is 18.1 Å². The molecule has 5 rings (SSSR count). The largest absolute Gasteiger partial charge is 0.462 e. The molecule has 1 saturated heterocycles. The summed E-state index contributed by atoms with van der Waals surface area (Å²) in [6.45, 7) is 2.69. The van der Waals surface area contributed by atoms with Crippen LogP contribution < -0.4 is 14.5 Å². The van der Waals surface area contributed by atoms with Crippen LogP contribution in [-0.2, 0) is 30.6 Å². The number of nitrogens with zero attached hydrogens (tertiary/aromatic N) is 5. The molecule has 4 aromatic rings. The number of ether oxygens (including phenoxy) is 2. The Kier molecular flexibility index (Phi) is 9.65. The van der Waals surface area contributed by atoms with E-state index in [1.54, 1.807) is 58.8 Å². The standard InChI is InChI=1S/C31H36FN6O6PS/c1-8-31(32)26(39)24(43-30(31)38-17-33-25-27(37(6)7)34-20(5)35-28(25)38)16-41-45(46,36-19(4)29(40)42-18(2)3)44-23-15-11-13-21-12-9-10-14-22(21)23/h1,9-15,17-19,24,26,30,39H,16H2,2-7H3,(H,36,46)/t19-,24-,26-,30-,31-,45+/m1/s1. The van der Waals surface area contributed by atoms with Gasteiger partial charge in [0.2, 0.25) is 5.67 Å². The number of aryl methyl sites for hydroxylation is 1. The Labute approximate surface area is 271 Å². The summed E-state index contributed by atoms with van der Waals surface area (Å²) in [6.07, 6.45) is 2.00. The van der Waals surface area contributed by atoms with Crippen molar-refractivity contribution in [1.29, 1.82) is 0 Å². The van der Waals surface area contributed by atoms with Crippen molar-refractivity contribution in [2.75, 3.05) is 25.6 Å². The lowest BCUT2D eigenvalue weighted by atomic mass is 9.97. The zero-order chi connectivity index (χ0) is 33.4. The minimum absolute atomic E-state index is 0.274. The van der Waals surface area contributed by atoms with E-state index < -0.39 is 49.4 Å². The van der Waals surface area contributed by atoms with Gasteiger partial charge in [-0.3, -0.25) is 9.36 Å². The third-order valence-corrected chi connectivity index (χ3v) is 9.78. The summed E-state index contributed by atoms with van der Waals surface area (Å²) >= 11 is 5.88. The van der Waals surface area contributed by atoms with Gasteiger partial charge in [-0.05, 0) is 51.0 Å². The van der Waals surface area contributed by atoms with Crippen molar-refractivity contribution < 1.29 is 32.8 Å². The third kappa shape index (κ3) is 6.57. The second kappa shape index (κ2) is 13.2. The van der Waals surface area contributed by atoms with Gasteiger partial charge in [-0.1, -0.05) is 42.3 Å². The van der Waals surface area contributed by atoms with E-state index in [9.17, 15) is 9.90 Å². The van der Waals surface area contributed by atoms with Crippen molar-refractivity contribution in [3.63, 3.8) is 0 Å². The number of aliphatic hydroxyl groups excluding tert-OH is 1. The van der Waals surface area contributed by atoms with Crippen molar-refractivity contribution in [1.82, 2.24) is 24.6 Å². The molecule has 0 radical (unpaired) electrons. The van der Waals surface area contributed by atoms with Gasteiger partial charge in [-0.15, -0.1) is 6.42 Å². The number of benzene rings is 2. The number of nitrogens with one attached hydrogen (secondary N) is 1. The molecular weight excluding hydrogens is 634 g/mol. The highest BCUT2D eigenvalue weighted by atomic mass is 32.5. The number of aliphatic hydroxyl groups is 1. The van der Waals surface area contributed by atoms with Crippen molar-refractivity contribution in [3.05, 3.63) is 54.6 Å². The van der Waals surface area contributed by atoms with E-state index in [4.69, 9.17) is 36.8 Å². The highest BCUT2D eigenvalue weighted by Crippen LogP contribution is 2.49. The molecule has 0 spiro atoms. The van der Waals surface area contributed by atoms with Gasteiger partial charge in [-0.2, -0.15) is 0 Å². The zero-order valence-corrected chi connectivity index (χ0v) is 28.0. The van der Waals surface area contributed by atoms with Crippen molar-refractivity contribution in [2.24, 2.45) is 0 Å². The lowest BCUT2D eigenvalue weighted by molar-refractivity contribution is -0.149. The number of fused-ring (bicyclic) bond motifs is 2. The number of terminal acetylenes is 1. The van der Waals surface area contributed by atoms with Gasteiger partial charge in [0.25, 0.3) is 0 Å². The zero-order valence-electron chi connectivity index (χ0n) is 26.2. The molecule has 12 nitrogen and oxygen atoms in total. The molecule has 1 fully saturated rings. The summed E-state index contributed by atoms with van der Waals surface area (Å²) in [7, 11) is 3.60. The SMILES string of the molecule is C#C[C@@]1(F)[C@H](O)[C@@H](CO[P@@](=S)(N[C@H](C)C(=O)OC(C)C)Oc2cccc3ccccc23)O[C@H]1n1cnc2c(N(C)C)nc(C)nc21. The summed E-state index contributed by atoms with van der Waals surface area (Å²) in [5, 5.41) is 15.8. The van der Waals surface area contributed by atoms with Gasteiger partial charge >= 0.3 is 12.6 Å². The van der Waals surface area contributed by atoms with Crippen LogP contribution in [0, 0.1) is 19.3 Å². The number of esters is 1. The van der Waals surface area contributed by atoms with Gasteiger partial charge in [0.15, 0.2) is 23.2 Å². The van der Waals surface area contributed by atoms with Crippen LogP contribution in [0.15, 0.2) is 48.8 Å². The number of hydrogen-bond acceptors (Lipinski definition) is 11. The Morgan fingerprint density at radius 2 is 1.98 bits per heavy atom. The minimum Gasteiger partial charge on any atom is -0.462 e. The number of imidazole rings is 1. The minimum atomic E-state index is -3.60. The topological polar surface area (TPSA) is 133 Å². The van der Waals surface area contributed by atoms with Crippen LogP contribution in [0.25, 0.3) is 21.9 Å². The molecule has 0 unspecified atom stereocenters. The second-order valence-electron chi connectivity index (χ2n) is 11.4. The van der Waals surface area contributed by atoms with E-state index in [1.807, 2.05) is 30.3 Å². The summed E-state index contributed by atoms with van der Waals surface area (Å²) in [5.74, 6) is 2.85. The molecule has 244 valence electrons. The second-order valence-corrected chi connectivity index (χ2v) is 14.5. The average molecular weight is 671 g/mol. The van der Waals surface area contributed by atoms with Crippen LogP contribution in [-0.4, -0.2) is 81.3 Å². The lowest BCUT2D eigenvalue weighted by Gasteiger charge is -2.28. The summed E-state index contributed by atoms with van der Waals surface area (Å²) in [6, 6.07) is 12.0. The molecule has 1 aliphatic rings. The molecule has 2 aromatic carbocycles. The fourth-order valence-corrected chi connectivity index (χ4v) is 7.51. The fourth-order valence-electron chi connectivity index (χ4n) is 5.09. The molecule has 0 aliphatic carbocycles. The Morgan fingerprint density at radius 3 is 2.67 bits per heavy atom. The first-order valence-corrected chi connectivity index (χ1v) is 17.2. The maximum absolute atomic E-state index is 16.5. The lowest BCUT2D eigenvalue weighted by Crippen LogP contribution is -2.42. The Bertz CT molecular complexity index is 1840. The van der Waals surface area contributed by atoms with E-state index in [0.717, 1.165) is 10.8 Å². The summed E-state index contributed by atoms with van der Waals surface area (Å²) in [4.78, 5) is 27.7. The van der Waals surface area contributed by atoms with Crippen LogP contribution in [0.2, 0.25) is 0 Å². The molecule has 2 N–H and O–H groups in total. The number of hydrogen-bond donors (Lipinski definition) is 2. The predicted octanol–water partition coefficient (Wildman–Crippen LogP) is 4.20. The predicted molar refractivity (Wildman–Crippen MR) is 176 cm³/mol. The first kappa shape index (κ1) is 33.7. The summed E-state index contributed by atoms with van der Waals surface area (Å²) < 4.78 is 41.6. The molecule has 46 heavy (non-hydrogen) atoms. The molecule has 0 amide bonds. The van der Waals surface area contributed by atoms with Gasteiger partial charge in [0.05, 0.1) is 19.0 Å². The first-order chi connectivity index (χ1) is 21.8. The van der Waals surface area contributed by atoms with Gasteiger partial charge < -0.3 is 28.5 Å². The van der Waals surface area contributed by atoms with Crippen LogP contribution in [0.1, 0.15) is 32.8 Å². The third-order valence-electron chi connectivity index (χ3n) is 7.29. The Hall–Kier alpha value is -3.70. The summed E-state index contributed by atoms with van der Waals surface area (Å²) in [5.41, 5.74) is -2.02. The number of anilines is 1. The van der Waals surface area contributed by atoms with Crippen LogP contribution in [0.4, 0.5) is 10.2 Å². The molecule has 6 atom stereocenters. The smallest absolute Gasteiger partial charge is 0.323 e. The molecule has 2 aromatic heterocycles. The van der Waals surface area contributed by atoms with E-state index in [-0.39, 0.29) is 11.8 Å². The number of halogens is 1. The van der Waals surface area contributed by atoms with Gasteiger partial charge in [0.1, 0.15) is 29.8 Å². The van der Waals surface area contributed by atoms with Gasteiger partial charge in [0, 0.05) is 19.5 Å². The number of carbonyl (C=O) groups excluding carboxylic acids is 1. The van der Waals surface area contributed by atoms with E-state index in [0.29, 0.717) is 22.9 Å². The Morgan fingerprint density at radius 1 is 1.26 bits per heavy atom. The fraction of sp³-hybridized carbons (Fsp3) is 0.419. The highest BCUT2D eigenvalue weighted by Gasteiger charge is 2.58. The van der Waals surface area contributed by atoms with Gasteiger partial charge in [-0.25, -0.2) is 24.4 Å². The Balaban J connectivity index is 1.45. The van der Waals surface area contributed by atoms with Crippen molar-refractivity contribution in [2.45, 2.75) is 63.9 Å². The van der Waals surface area contributed by atoms with E-state index >= 15 is 4.39 Å².